The number of nitrogens with zero attached hydrogens (tertiary/aromatic N) is 1. The third-order valence-corrected chi connectivity index (χ3v) is 12.1. The summed E-state index contributed by atoms with van der Waals surface area (Å²) in [6.07, 6.45) is 2.05. The molecule has 0 radical (unpaired) electrons. The lowest BCUT2D eigenvalue weighted by molar-refractivity contribution is -0.134. The van der Waals surface area contributed by atoms with E-state index in [-0.39, 0.29) is 12.4 Å². The van der Waals surface area contributed by atoms with Crippen LogP contribution >= 0.6 is 0 Å². The van der Waals surface area contributed by atoms with Crippen molar-refractivity contribution in [3.05, 3.63) is 102 Å². The van der Waals surface area contributed by atoms with E-state index < -0.39 is 8.07 Å². The van der Waals surface area contributed by atoms with Crippen molar-refractivity contribution >= 4 is 13.3 Å². The monoisotopic (exact) mass is 501 g/mol. The van der Waals surface area contributed by atoms with Crippen molar-refractivity contribution in [3.63, 3.8) is 0 Å². The van der Waals surface area contributed by atoms with Crippen molar-refractivity contribution in [2.45, 2.75) is 76.8 Å². The normalized spacial score (nSPS) is 21.2. The fourth-order valence-corrected chi connectivity index (χ4v) is 9.25. The molecule has 1 aliphatic rings. The highest BCUT2D eigenvalue weighted by Crippen LogP contribution is 2.43. The van der Waals surface area contributed by atoms with Gasteiger partial charge in [-0.1, -0.05) is 123 Å². The fourth-order valence-electron chi connectivity index (χ4n) is 5.87. The molecule has 1 fully saturated rings. The molecule has 3 unspecified atom stereocenters. The molecule has 192 valence electrons. The maximum atomic E-state index is 6.82. The van der Waals surface area contributed by atoms with Gasteiger partial charge < -0.3 is 9.47 Å². The Balaban J connectivity index is 1.73. The first-order valence-electron chi connectivity index (χ1n) is 13.4. The van der Waals surface area contributed by atoms with Crippen LogP contribution in [0, 0.1) is 5.92 Å². The van der Waals surface area contributed by atoms with E-state index in [9.17, 15) is 0 Å². The van der Waals surface area contributed by atoms with Crippen molar-refractivity contribution in [2.75, 3.05) is 7.11 Å². The molecule has 0 spiro atoms. The van der Waals surface area contributed by atoms with Gasteiger partial charge in [-0.3, -0.25) is 4.90 Å². The summed E-state index contributed by atoms with van der Waals surface area (Å²) in [5.74, 6) is 0.566. The van der Waals surface area contributed by atoms with Gasteiger partial charge in [-0.15, -0.1) is 0 Å². The van der Waals surface area contributed by atoms with E-state index in [0.717, 1.165) is 25.9 Å². The van der Waals surface area contributed by atoms with Gasteiger partial charge in [-0.2, -0.15) is 0 Å². The van der Waals surface area contributed by atoms with E-state index in [0.29, 0.717) is 17.5 Å². The van der Waals surface area contributed by atoms with Crippen LogP contribution < -0.4 is 5.19 Å². The second kappa shape index (κ2) is 12.3. The number of benzene rings is 3. The fraction of sp³-hybridized carbons (Fsp3) is 0.438. The van der Waals surface area contributed by atoms with E-state index in [4.69, 9.17) is 9.47 Å². The Morgan fingerprint density at radius 2 is 1.33 bits per heavy atom. The third-order valence-electron chi connectivity index (χ3n) is 7.88. The van der Waals surface area contributed by atoms with Gasteiger partial charge in [-0.05, 0) is 29.0 Å². The van der Waals surface area contributed by atoms with Gasteiger partial charge >= 0.3 is 0 Å². The van der Waals surface area contributed by atoms with E-state index >= 15 is 0 Å². The third kappa shape index (κ3) is 6.54. The maximum absolute atomic E-state index is 6.82. The molecule has 1 aliphatic heterocycles. The van der Waals surface area contributed by atoms with E-state index in [1.807, 2.05) is 0 Å². The minimum Gasteiger partial charge on any atom is -0.356 e. The van der Waals surface area contributed by atoms with Gasteiger partial charge in [0.25, 0.3) is 0 Å². The standard InChI is InChI=1S/C32H43NO2Si/c1-25(2)21-29(33(23-26-15-9-6-10-16-26)24-27-17-11-7-12-18-27)32-30(22-31(34-3)35-32)36(4,5)28-19-13-8-14-20-28/h6-20,25,29-32H,21-24H2,1-5H3/t29-,30?,31?,32?/m0/s1. The summed E-state index contributed by atoms with van der Waals surface area (Å²) in [7, 11) is -0.0470. The number of methoxy groups -OCH3 is 1. The summed E-state index contributed by atoms with van der Waals surface area (Å²) in [5.41, 5.74) is 3.17. The first kappa shape index (κ1) is 26.8. The van der Waals surface area contributed by atoms with E-state index in [1.165, 1.54) is 16.3 Å². The molecule has 3 nitrogen and oxygen atoms in total. The molecule has 4 rings (SSSR count). The largest absolute Gasteiger partial charge is 0.356 e. The Morgan fingerprint density at radius 3 is 1.81 bits per heavy atom. The van der Waals surface area contributed by atoms with Crippen molar-refractivity contribution in [1.82, 2.24) is 4.90 Å². The molecule has 0 N–H and O–H groups in total. The second-order valence-corrected chi connectivity index (χ2v) is 16.0. The van der Waals surface area contributed by atoms with E-state index in [1.54, 1.807) is 7.11 Å². The summed E-state index contributed by atoms with van der Waals surface area (Å²) >= 11 is 0. The van der Waals surface area contributed by atoms with Gasteiger partial charge in [0, 0.05) is 32.7 Å². The zero-order chi connectivity index (χ0) is 25.5. The molecule has 0 aromatic heterocycles. The van der Waals surface area contributed by atoms with Gasteiger partial charge in [0.15, 0.2) is 6.29 Å². The van der Waals surface area contributed by atoms with Gasteiger partial charge in [0.2, 0.25) is 0 Å². The molecule has 0 bridgehead atoms. The SMILES string of the molecule is COC1CC([Si](C)(C)c2ccccc2)C([C@H](CC(C)C)N(Cc2ccccc2)Cc2ccccc2)O1. The van der Waals surface area contributed by atoms with E-state index in [2.05, 4.69) is 123 Å². The molecule has 1 heterocycles. The summed E-state index contributed by atoms with van der Waals surface area (Å²) in [4.78, 5) is 2.68. The first-order valence-corrected chi connectivity index (χ1v) is 16.5. The number of hydrogen-bond donors (Lipinski definition) is 0. The molecular weight excluding hydrogens is 458 g/mol. The lowest BCUT2D eigenvalue weighted by atomic mass is 9.94. The van der Waals surface area contributed by atoms with Gasteiger partial charge in [0.1, 0.15) is 0 Å². The Kier molecular flexibility index (Phi) is 9.18. The Labute approximate surface area is 219 Å². The van der Waals surface area contributed by atoms with Crippen LogP contribution in [0.15, 0.2) is 91.0 Å². The molecule has 4 heteroatoms. The molecule has 3 aromatic carbocycles. The van der Waals surface area contributed by atoms with Crippen LogP contribution in [0.3, 0.4) is 0 Å². The minimum absolute atomic E-state index is 0.131. The van der Waals surface area contributed by atoms with Crippen molar-refractivity contribution in [2.24, 2.45) is 5.92 Å². The zero-order valence-electron chi connectivity index (χ0n) is 22.6. The molecule has 0 saturated carbocycles. The maximum Gasteiger partial charge on any atom is 0.157 e. The van der Waals surface area contributed by atoms with Crippen LogP contribution in [-0.2, 0) is 22.6 Å². The van der Waals surface area contributed by atoms with Crippen molar-refractivity contribution in [3.8, 4) is 0 Å². The minimum atomic E-state index is -1.84. The van der Waals surface area contributed by atoms with Crippen LogP contribution in [0.1, 0.15) is 37.8 Å². The number of hydrogen-bond acceptors (Lipinski definition) is 3. The van der Waals surface area contributed by atoms with Crippen LogP contribution in [0.25, 0.3) is 0 Å². The predicted octanol–water partition coefficient (Wildman–Crippen LogP) is 6.85. The van der Waals surface area contributed by atoms with Crippen LogP contribution in [0.5, 0.6) is 0 Å². The summed E-state index contributed by atoms with van der Waals surface area (Å²) in [5, 5.41) is 1.50. The lowest BCUT2D eigenvalue weighted by Gasteiger charge is -2.42. The van der Waals surface area contributed by atoms with Gasteiger partial charge in [0.05, 0.1) is 14.2 Å². The van der Waals surface area contributed by atoms with Crippen molar-refractivity contribution in [1.29, 1.82) is 0 Å². The molecular formula is C32H43NO2Si. The summed E-state index contributed by atoms with van der Waals surface area (Å²) in [6, 6.07) is 33.2. The first-order chi connectivity index (χ1) is 17.4. The highest BCUT2D eigenvalue weighted by molar-refractivity contribution is 6.91. The summed E-state index contributed by atoms with van der Waals surface area (Å²) < 4.78 is 12.7. The topological polar surface area (TPSA) is 21.7 Å². The van der Waals surface area contributed by atoms with Crippen LogP contribution in [0.4, 0.5) is 0 Å². The molecule has 0 amide bonds. The average molecular weight is 502 g/mol. The van der Waals surface area contributed by atoms with Gasteiger partial charge in [-0.25, -0.2) is 0 Å². The average Bonchev–Trinajstić information content (AvgIpc) is 3.34. The Morgan fingerprint density at radius 1 is 0.833 bits per heavy atom. The predicted molar refractivity (Wildman–Crippen MR) is 153 cm³/mol. The number of ether oxygens (including phenoxy) is 2. The highest BCUT2D eigenvalue weighted by atomic mass is 28.3. The zero-order valence-corrected chi connectivity index (χ0v) is 23.6. The second-order valence-electron chi connectivity index (χ2n) is 11.3. The Bertz CT molecular complexity index is 1000. The quantitative estimate of drug-likeness (QED) is 0.268. The molecule has 36 heavy (non-hydrogen) atoms. The molecule has 0 aliphatic carbocycles. The number of rotatable bonds is 11. The lowest BCUT2D eigenvalue weighted by Crippen LogP contribution is -2.54. The highest BCUT2D eigenvalue weighted by Gasteiger charge is 2.50. The van der Waals surface area contributed by atoms with Crippen LogP contribution in [0.2, 0.25) is 18.6 Å². The molecule has 1 saturated heterocycles. The summed E-state index contributed by atoms with van der Waals surface area (Å²) in [6.45, 7) is 11.5. The molecule has 4 atom stereocenters. The van der Waals surface area contributed by atoms with Crippen molar-refractivity contribution < 1.29 is 9.47 Å². The smallest absolute Gasteiger partial charge is 0.157 e. The molecule has 3 aromatic rings. The van der Waals surface area contributed by atoms with Crippen LogP contribution in [-0.4, -0.2) is 38.5 Å². The Hall–Kier alpha value is -2.24.